The van der Waals surface area contributed by atoms with Crippen molar-refractivity contribution in [1.82, 2.24) is 4.98 Å². The Morgan fingerprint density at radius 3 is 1.97 bits per heavy atom. The molecule has 0 bridgehead atoms. The number of carbonyl (C=O) groups is 2. The molecule has 0 unspecified atom stereocenters. The third-order valence-corrected chi connectivity index (χ3v) is 7.00. The average Bonchev–Trinajstić information content (AvgIpc) is 3.65. The summed E-state index contributed by atoms with van der Waals surface area (Å²) in [6, 6.07) is 15.0. The van der Waals surface area contributed by atoms with Crippen LogP contribution in [0.3, 0.4) is 0 Å². The van der Waals surface area contributed by atoms with Crippen LogP contribution in [0.5, 0.6) is 11.5 Å². The zero-order valence-corrected chi connectivity index (χ0v) is 21.2. The van der Waals surface area contributed by atoms with Crippen LogP contribution in [-0.4, -0.2) is 38.4 Å². The van der Waals surface area contributed by atoms with Gasteiger partial charge in [0.15, 0.2) is 5.41 Å². The third-order valence-electron chi connectivity index (χ3n) is 5.45. The van der Waals surface area contributed by atoms with E-state index < -0.39 is 17.4 Å². The number of benzene rings is 2. The lowest BCUT2D eigenvalue weighted by Gasteiger charge is -2.32. The molecule has 0 amide bonds. The van der Waals surface area contributed by atoms with Gasteiger partial charge in [-0.15, -0.1) is 11.8 Å². The standard InChI is InChI=1S/C15H17N3OS.C6H6FN.C5H6O4/c1-15(2)9-20-13-12(7-8-17-14(13)18-15)19-11-5-3-10(16)4-6-11;7-5-1-3-6(8)4-2-5;6-3(7)5(1-2-5)4(8)9/h3-8H,9,16H2,1-2H3,(H,17,18);1-4H,8H2;1-2H2,(H,6,7)(H,8,9). The maximum absolute atomic E-state index is 12.0. The van der Waals surface area contributed by atoms with Crippen molar-refractivity contribution in [3.8, 4) is 11.5 Å². The maximum Gasteiger partial charge on any atom is 0.321 e. The quantitative estimate of drug-likeness (QED) is 0.228. The van der Waals surface area contributed by atoms with Crippen LogP contribution < -0.4 is 21.5 Å². The largest absolute Gasteiger partial charge is 0.480 e. The highest BCUT2D eigenvalue weighted by Gasteiger charge is 2.57. The molecule has 1 aromatic heterocycles. The molecule has 7 N–H and O–H groups in total. The number of nitrogen functional groups attached to an aromatic ring is 2. The van der Waals surface area contributed by atoms with Crippen LogP contribution in [0.1, 0.15) is 26.7 Å². The van der Waals surface area contributed by atoms with E-state index in [1.165, 1.54) is 24.3 Å². The van der Waals surface area contributed by atoms with Gasteiger partial charge in [0.25, 0.3) is 0 Å². The number of rotatable bonds is 4. The van der Waals surface area contributed by atoms with Crippen LogP contribution in [-0.2, 0) is 9.59 Å². The number of ether oxygens (including phenoxy) is 1. The second kappa shape index (κ2) is 11.4. The van der Waals surface area contributed by atoms with E-state index in [0.717, 1.165) is 33.7 Å². The normalized spacial score (nSPS) is 15.8. The summed E-state index contributed by atoms with van der Waals surface area (Å²) >= 11 is 1.77. The Labute approximate surface area is 218 Å². The lowest BCUT2D eigenvalue weighted by molar-refractivity contribution is -0.156. The van der Waals surface area contributed by atoms with Gasteiger partial charge in [-0.3, -0.25) is 9.59 Å². The minimum atomic E-state index is -1.42. The van der Waals surface area contributed by atoms with Crippen molar-refractivity contribution in [2.75, 3.05) is 22.5 Å². The number of aliphatic carboxylic acids is 2. The molecule has 0 radical (unpaired) electrons. The van der Waals surface area contributed by atoms with Gasteiger partial charge in [-0.05, 0) is 75.2 Å². The Kier molecular flexibility index (Phi) is 8.49. The summed E-state index contributed by atoms with van der Waals surface area (Å²) in [5, 5.41) is 20.0. The monoisotopic (exact) mass is 528 g/mol. The fourth-order valence-corrected chi connectivity index (χ4v) is 4.19. The summed E-state index contributed by atoms with van der Waals surface area (Å²) in [4.78, 5) is 25.7. The smallest absolute Gasteiger partial charge is 0.321 e. The first-order valence-electron chi connectivity index (χ1n) is 11.3. The molecule has 2 aromatic carbocycles. The summed E-state index contributed by atoms with van der Waals surface area (Å²) in [6.07, 6.45) is 2.32. The average molecular weight is 529 g/mol. The van der Waals surface area contributed by atoms with Gasteiger partial charge in [-0.25, -0.2) is 9.37 Å². The Balaban J connectivity index is 0.000000184. The van der Waals surface area contributed by atoms with Gasteiger partial charge in [0.05, 0.1) is 4.90 Å². The highest BCUT2D eigenvalue weighted by molar-refractivity contribution is 7.99. The van der Waals surface area contributed by atoms with Crippen molar-refractivity contribution in [2.45, 2.75) is 37.1 Å². The number of fused-ring (bicyclic) bond motifs is 1. The van der Waals surface area contributed by atoms with Crippen LogP contribution in [0.4, 0.5) is 21.6 Å². The molecule has 0 atom stereocenters. The minimum absolute atomic E-state index is 0.0461. The van der Waals surface area contributed by atoms with Gasteiger partial charge >= 0.3 is 11.9 Å². The molecule has 1 aliphatic carbocycles. The van der Waals surface area contributed by atoms with Gasteiger partial charge in [0, 0.05) is 34.9 Å². The van der Waals surface area contributed by atoms with E-state index in [1.807, 2.05) is 30.3 Å². The Bertz CT molecular complexity index is 1210. The first kappa shape index (κ1) is 27.6. The number of nitrogens with one attached hydrogen (secondary N) is 1. The van der Waals surface area contributed by atoms with Gasteiger partial charge in [0.2, 0.25) is 0 Å². The molecule has 9 nitrogen and oxygen atoms in total. The molecule has 1 aliphatic heterocycles. The molecule has 5 rings (SSSR count). The fourth-order valence-electron chi connectivity index (χ4n) is 3.12. The molecule has 37 heavy (non-hydrogen) atoms. The number of hydrogen-bond donors (Lipinski definition) is 5. The van der Waals surface area contributed by atoms with Crippen molar-refractivity contribution in [3.63, 3.8) is 0 Å². The van der Waals surface area contributed by atoms with Crippen LogP contribution in [0.25, 0.3) is 0 Å². The molecule has 1 fully saturated rings. The van der Waals surface area contributed by atoms with E-state index in [0.29, 0.717) is 5.69 Å². The molecule has 1 saturated carbocycles. The van der Waals surface area contributed by atoms with E-state index in [4.69, 9.17) is 26.4 Å². The summed E-state index contributed by atoms with van der Waals surface area (Å²) in [6.45, 7) is 4.33. The molecule has 0 saturated heterocycles. The number of nitrogens with zero attached hydrogens (tertiary/aromatic N) is 1. The zero-order chi connectivity index (χ0) is 27.2. The molecule has 2 aliphatic rings. The molecular weight excluding hydrogens is 499 g/mol. The third kappa shape index (κ3) is 7.50. The molecular formula is C26H29FN4O5S. The molecule has 196 valence electrons. The van der Waals surface area contributed by atoms with Crippen molar-refractivity contribution in [3.05, 3.63) is 66.6 Å². The maximum atomic E-state index is 12.0. The zero-order valence-electron chi connectivity index (χ0n) is 20.4. The predicted molar refractivity (Wildman–Crippen MR) is 141 cm³/mol. The Morgan fingerprint density at radius 2 is 1.51 bits per heavy atom. The summed E-state index contributed by atoms with van der Waals surface area (Å²) in [5.41, 5.74) is 10.9. The molecule has 0 spiro atoms. The Hall–Kier alpha value is -3.99. The molecule has 11 heteroatoms. The SMILES string of the molecule is CC1(C)CSc2c(Oc3ccc(N)cc3)ccnc2N1.Nc1ccc(F)cc1.O=C(O)C1(C(=O)O)CC1. The van der Waals surface area contributed by atoms with Gasteiger partial charge < -0.3 is 31.7 Å². The number of pyridine rings is 1. The van der Waals surface area contributed by atoms with Gasteiger partial charge in [0.1, 0.15) is 23.1 Å². The minimum Gasteiger partial charge on any atom is -0.480 e. The summed E-state index contributed by atoms with van der Waals surface area (Å²) in [5.74, 6) is 0.790. The lowest BCUT2D eigenvalue weighted by Crippen LogP contribution is -2.36. The lowest BCUT2D eigenvalue weighted by atomic mass is 10.1. The van der Waals surface area contributed by atoms with E-state index >= 15 is 0 Å². The first-order valence-corrected chi connectivity index (χ1v) is 12.3. The molecule has 2 heterocycles. The van der Waals surface area contributed by atoms with Crippen LogP contribution in [0, 0.1) is 11.2 Å². The van der Waals surface area contributed by atoms with E-state index in [-0.39, 0.29) is 24.2 Å². The van der Waals surface area contributed by atoms with Gasteiger partial charge in [-0.2, -0.15) is 0 Å². The fraction of sp³-hybridized carbons (Fsp3) is 0.269. The topological polar surface area (TPSA) is 161 Å². The second-order valence-corrected chi connectivity index (χ2v) is 10.2. The number of nitrogens with two attached hydrogens (primary N) is 2. The second-order valence-electron chi connectivity index (χ2n) is 9.20. The number of halogens is 1. The van der Waals surface area contributed by atoms with Crippen molar-refractivity contribution in [1.29, 1.82) is 0 Å². The molecule has 3 aromatic rings. The highest BCUT2D eigenvalue weighted by atomic mass is 32.2. The van der Waals surface area contributed by atoms with Crippen LogP contribution in [0.15, 0.2) is 65.7 Å². The number of carboxylic acids is 2. The summed E-state index contributed by atoms with van der Waals surface area (Å²) < 4.78 is 18.0. The Morgan fingerprint density at radius 1 is 0.973 bits per heavy atom. The van der Waals surface area contributed by atoms with E-state index in [1.54, 1.807) is 18.0 Å². The first-order chi connectivity index (χ1) is 17.4. The number of aromatic nitrogens is 1. The number of carboxylic acid groups (broad SMARTS) is 2. The van der Waals surface area contributed by atoms with Crippen LogP contribution in [0.2, 0.25) is 0 Å². The van der Waals surface area contributed by atoms with E-state index in [2.05, 4.69) is 24.1 Å². The summed E-state index contributed by atoms with van der Waals surface area (Å²) in [7, 11) is 0. The van der Waals surface area contributed by atoms with Crippen molar-refractivity contribution in [2.24, 2.45) is 5.41 Å². The van der Waals surface area contributed by atoms with Crippen LogP contribution >= 0.6 is 11.8 Å². The van der Waals surface area contributed by atoms with Crippen molar-refractivity contribution < 1.29 is 28.9 Å². The van der Waals surface area contributed by atoms with E-state index in [9.17, 15) is 14.0 Å². The van der Waals surface area contributed by atoms with Crippen molar-refractivity contribution >= 4 is 40.9 Å². The van der Waals surface area contributed by atoms with Gasteiger partial charge in [-0.1, -0.05) is 0 Å². The number of hydrogen-bond acceptors (Lipinski definition) is 8. The number of anilines is 3. The predicted octanol–water partition coefficient (Wildman–Crippen LogP) is 5.10. The number of thioether (sulfide) groups is 1. The highest BCUT2D eigenvalue weighted by Crippen LogP contribution is 2.46.